The highest BCUT2D eigenvalue weighted by molar-refractivity contribution is 8.14. The number of sulfone groups is 1. The van der Waals surface area contributed by atoms with E-state index >= 15 is 0 Å². The van der Waals surface area contributed by atoms with E-state index in [-0.39, 0.29) is 35.2 Å². The van der Waals surface area contributed by atoms with Gasteiger partial charge in [-0.2, -0.15) is 0 Å². The molecule has 0 saturated carbocycles. The Kier molecular flexibility index (Phi) is 5.87. The molecule has 2 atom stereocenters. The maximum absolute atomic E-state index is 12.7. The second-order valence-electron chi connectivity index (χ2n) is 8.39. The maximum atomic E-state index is 12.7. The number of nitrogens with one attached hydrogen (secondary N) is 1. The Morgan fingerprint density at radius 1 is 1.10 bits per heavy atom. The molecule has 0 aliphatic carbocycles. The van der Waals surface area contributed by atoms with Gasteiger partial charge in [0, 0.05) is 11.4 Å². The first-order valence-corrected chi connectivity index (χ1v) is 13.1. The Labute approximate surface area is 188 Å². The molecule has 1 amide bonds. The summed E-state index contributed by atoms with van der Waals surface area (Å²) in [7, 11) is -3.11. The molecule has 0 unspecified atom stereocenters. The molecule has 0 bridgehead atoms. The zero-order chi connectivity index (χ0) is 22.3. The number of benzene rings is 2. The van der Waals surface area contributed by atoms with Crippen molar-refractivity contribution in [2.24, 2.45) is 4.99 Å². The molecule has 6 nitrogen and oxygen atoms in total. The number of hydrogen-bond donors (Lipinski definition) is 1. The third-order valence-corrected chi connectivity index (χ3v) is 8.48. The molecule has 1 fully saturated rings. The van der Waals surface area contributed by atoms with Crippen molar-refractivity contribution in [1.29, 1.82) is 0 Å². The van der Waals surface area contributed by atoms with Gasteiger partial charge in [-0.05, 0) is 56.0 Å². The van der Waals surface area contributed by atoms with Crippen LogP contribution in [0.15, 0.2) is 41.4 Å². The van der Waals surface area contributed by atoms with Crippen molar-refractivity contribution in [3.05, 3.63) is 58.7 Å². The maximum Gasteiger partial charge on any atom is 0.234 e. The number of fused-ring (bicyclic) bond motifs is 1. The number of para-hydroxylation sites is 1. The standard InChI is InChI=1S/C23H27N3O3S2/c1-14-8-9-15(2)19(10-14)26-20-13-31(28,29)12-18(20)24-23(26)30-11-21(27)25-22-16(3)6-5-7-17(22)4/h5-10,18,20H,11-13H2,1-4H3,(H,25,27)/t18-,20-/m0/s1. The Balaban J connectivity index is 1.56. The monoisotopic (exact) mass is 457 g/mol. The number of rotatable bonds is 4. The molecular formula is C23H27N3O3S2. The van der Waals surface area contributed by atoms with E-state index in [1.54, 1.807) is 0 Å². The Morgan fingerprint density at radius 3 is 2.52 bits per heavy atom. The molecular weight excluding hydrogens is 430 g/mol. The van der Waals surface area contributed by atoms with Gasteiger partial charge in [-0.1, -0.05) is 42.1 Å². The van der Waals surface area contributed by atoms with Crippen LogP contribution in [0, 0.1) is 27.7 Å². The lowest BCUT2D eigenvalue weighted by molar-refractivity contribution is -0.113. The quantitative estimate of drug-likeness (QED) is 0.758. The summed E-state index contributed by atoms with van der Waals surface area (Å²) in [5.41, 5.74) is 6.01. The Bertz CT molecular complexity index is 1150. The van der Waals surface area contributed by atoms with Crippen molar-refractivity contribution < 1.29 is 13.2 Å². The van der Waals surface area contributed by atoms with Crippen LogP contribution in [0.25, 0.3) is 0 Å². The molecule has 0 spiro atoms. The van der Waals surface area contributed by atoms with E-state index in [2.05, 4.69) is 11.4 Å². The fraction of sp³-hybridized carbons (Fsp3) is 0.391. The summed E-state index contributed by atoms with van der Waals surface area (Å²) in [6.07, 6.45) is 0. The first-order valence-electron chi connectivity index (χ1n) is 10.3. The molecule has 1 N–H and O–H groups in total. The lowest BCUT2D eigenvalue weighted by Gasteiger charge is -2.28. The minimum absolute atomic E-state index is 0.0672. The van der Waals surface area contributed by atoms with Crippen LogP contribution in [0.4, 0.5) is 11.4 Å². The van der Waals surface area contributed by atoms with E-state index in [4.69, 9.17) is 4.99 Å². The SMILES string of the molecule is Cc1ccc(C)c(N2C(SCC(=O)Nc3c(C)cccc3C)=N[C@H]3CS(=O)(=O)C[C@@H]32)c1. The molecule has 2 aromatic carbocycles. The number of thioether (sulfide) groups is 1. The van der Waals surface area contributed by atoms with Crippen LogP contribution in [-0.4, -0.2) is 48.8 Å². The number of amides is 1. The van der Waals surface area contributed by atoms with Gasteiger partial charge in [0.15, 0.2) is 15.0 Å². The molecule has 0 aromatic heterocycles. The second-order valence-corrected chi connectivity index (χ2v) is 11.5. The van der Waals surface area contributed by atoms with E-state index in [1.165, 1.54) is 11.8 Å². The minimum atomic E-state index is -3.11. The Morgan fingerprint density at radius 2 is 1.81 bits per heavy atom. The van der Waals surface area contributed by atoms with Crippen molar-refractivity contribution in [2.45, 2.75) is 39.8 Å². The largest absolute Gasteiger partial charge is 0.325 e. The first kappa shape index (κ1) is 21.9. The predicted molar refractivity (Wildman–Crippen MR) is 129 cm³/mol. The van der Waals surface area contributed by atoms with E-state index in [9.17, 15) is 13.2 Å². The van der Waals surface area contributed by atoms with Gasteiger partial charge in [0.25, 0.3) is 0 Å². The smallest absolute Gasteiger partial charge is 0.234 e. The topological polar surface area (TPSA) is 78.8 Å². The van der Waals surface area contributed by atoms with Gasteiger partial charge in [0.05, 0.1) is 29.3 Å². The average molecular weight is 458 g/mol. The molecule has 2 aliphatic heterocycles. The molecule has 2 aromatic rings. The van der Waals surface area contributed by atoms with Crippen molar-refractivity contribution in [3.8, 4) is 0 Å². The van der Waals surface area contributed by atoms with E-state index in [1.807, 2.05) is 62.9 Å². The number of carbonyl (C=O) groups is 1. The zero-order valence-corrected chi connectivity index (χ0v) is 19.8. The van der Waals surface area contributed by atoms with Gasteiger partial charge in [-0.25, -0.2) is 8.42 Å². The minimum Gasteiger partial charge on any atom is -0.325 e. The number of aliphatic imine (C=N–C) groups is 1. The van der Waals surface area contributed by atoms with Crippen LogP contribution in [-0.2, 0) is 14.6 Å². The molecule has 31 heavy (non-hydrogen) atoms. The average Bonchev–Trinajstić information content (AvgIpc) is 3.16. The summed E-state index contributed by atoms with van der Waals surface area (Å²) in [6.45, 7) is 7.98. The molecule has 1 saturated heterocycles. The van der Waals surface area contributed by atoms with Crippen LogP contribution in [0.1, 0.15) is 22.3 Å². The molecule has 8 heteroatoms. The van der Waals surface area contributed by atoms with Crippen LogP contribution in [0.2, 0.25) is 0 Å². The highest BCUT2D eigenvalue weighted by Crippen LogP contribution is 2.37. The highest BCUT2D eigenvalue weighted by atomic mass is 32.2. The number of hydrogen-bond acceptors (Lipinski definition) is 6. The van der Waals surface area contributed by atoms with Crippen molar-refractivity contribution >= 4 is 44.0 Å². The summed E-state index contributed by atoms with van der Waals surface area (Å²) in [5, 5.41) is 3.73. The molecule has 2 heterocycles. The van der Waals surface area contributed by atoms with Crippen molar-refractivity contribution in [3.63, 3.8) is 0 Å². The predicted octanol–water partition coefficient (Wildman–Crippen LogP) is 3.63. The lowest BCUT2D eigenvalue weighted by atomic mass is 10.1. The number of aryl methyl sites for hydroxylation is 4. The highest BCUT2D eigenvalue weighted by Gasteiger charge is 2.47. The third kappa shape index (κ3) is 4.50. The summed E-state index contributed by atoms with van der Waals surface area (Å²) < 4.78 is 24.5. The fourth-order valence-corrected chi connectivity index (χ4v) is 6.97. The Hall–Kier alpha value is -2.32. The van der Waals surface area contributed by atoms with Crippen LogP contribution < -0.4 is 10.2 Å². The van der Waals surface area contributed by atoms with Crippen LogP contribution in [0.5, 0.6) is 0 Å². The molecule has 164 valence electrons. The number of anilines is 2. The summed E-state index contributed by atoms with van der Waals surface area (Å²) >= 11 is 1.37. The zero-order valence-electron chi connectivity index (χ0n) is 18.2. The van der Waals surface area contributed by atoms with Crippen molar-refractivity contribution in [2.75, 3.05) is 27.5 Å². The van der Waals surface area contributed by atoms with Crippen molar-refractivity contribution in [1.82, 2.24) is 0 Å². The van der Waals surface area contributed by atoms with E-state index < -0.39 is 9.84 Å². The normalized spacial score (nSPS) is 21.7. The van der Waals surface area contributed by atoms with Crippen LogP contribution >= 0.6 is 11.8 Å². The van der Waals surface area contributed by atoms with Gasteiger partial charge in [-0.15, -0.1) is 0 Å². The van der Waals surface area contributed by atoms with Crippen LogP contribution in [0.3, 0.4) is 0 Å². The summed E-state index contributed by atoms with van der Waals surface area (Å²) in [5.74, 6) is 0.265. The van der Waals surface area contributed by atoms with Gasteiger partial charge >= 0.3 is 0 Å². The van der Waals surface area contributed by atoms with E-state index in [0.29, 0.717) is 0 Å². The second kappa shape index (κ2) is 8.31. The molecule has 4 rings (SSSR count). The third-order valence-electron chi connectivity index (χ3n) is 5.81. The van der Waals surface area contributed by atoms with Gasteiger partial charge in [-0.3, -0.25) is 9.79 Å². The summed E-state index contributed by atoms with van der Waals surface area (Å²) in [4.78, 5) is 19.5. The van der Waals surface area contributed by atoms with Gasteiger partial charge in [0.1, 0.15) is 0 Å². The first-order chi connectivity index (χ1) is 14.6. The molecule has 0 radical (unpaired) electrons. The number of nitrogens with zero attached hydrogens (tertiary/aromatic N) is 2. The number of carbonyl (C=O) groups excluding carboxylic acids is 1. The fourth-order valence-electron chi connectivity index (χ4n) is 4.21. The lowest BCUT2D eigenvalue weighted by Crippen LogP contribution is -2.40. The van der Waals surface area contributed by atoms with E-state index in [0.717, 1.165) is 38.8 Å². The van der Waals surface area contributed by atoms with Gasteiger partial charge < -0.3 is 10.2 Å². The molecule has 2 aliphatic rings. The number of amidine groups is 1. The summed E-state index contributed by atoms with van der Waals surface area (Å²) in [6, 6.07) is 11.6. The van der Waals surface area contributed by atoms with Gasteiger partial charge in [0.2, 0.25) is 5.91 Å².